The normalized spacial score (nSPS) is 13.1. The van der Waals surface area contributed by atoms with Crippen LogP contribution in [0, 0.1) is 0 Å². The molecule has 0 spiro atoms. The highest BCUT2D eigenvalue weighted by atomic mass is 32.2. The molecular formula is C12H20N2O4S2. The molecule has 0 amide bonds. The van der Waals surface area contributed by atoms with Crippen LogP contribution in [0.4, 0.5) is 5.69 Å². The molecule has 1 rings (SSSR count). The molecule has 0 bridgehead atoms. The summed E-state index contributed by atoms with van der Waals surface area (Å²) in [6.07, 6.45) is 0. The van der Waals surface area contributed by atoms with Crippen molar-refractivity contribution in [1.29, 1.82) is 0 Å². The SMILES string of the molecule is CCS(=O)CCNS(=O)(=O)CCOc1cccc(N)c1. The molecule has 20 heavy (non-hydrogen) atoms. The Hall–Kier alpha value is -1.12. The average Bonchev–Trinajstić information content (AvgIpc) is 2.38. The van der Waals surface area contributed by atoms with Gasteiger partial charge in [-0.1, -0.05) is 13.0 Å². The monoisotopic (exact) mass is 320 g/mol. The number of nitrogens with one attached hydrogen (secondary N) is 1. The van der Waals surface area contributed by atoms with Gasteiger partial charge < -0.3 is 10.5 Å². The van der Waals surface area contributed by atoms with Crippen LogP contribution in [0.5, 0.6) is 5.75 Å². The standard InChI is InChI=1S/C12H20N2O4S2/c1-2-19(15)8-6-14-20(16,17)9-7-18-12-5-3-4-11(13)10-12/h3-5,10,14H,2,6-9,13H2,1H3. The number of rotatable bonds is 9. The van der Waals surface area contributed by atoms with Crippen LogP contribution in [0.1, 0.15) is 6.92 Å². The molecule has 0 aromatic heterocycles. The van der Waals surface area contributed by atoms with Crippen molar-refractivity contribution < 1.29 is 17.4 Å². The number of anilines is 1. The Morgan fingerprint density at radius 1 is 1.40 bits per heavy atom. The second kappa shape index (κ2) is 8.23. The molecule has 0 radical (unpaired) electrons. The third-order valence-corrected chi connectivity index (χ3v) is 5.10. The highest BCUT2D eigenvalue weighted by Gasteiger charge is 2.10. The maximum Gasteiger partial charge on any atom is 0.214 e. The van der Waals surface area contributed by atoms with Gasteiger partial charge in [0.05, 0.1) is 5.75 Å². The minimum absolute atomic E-state index is 0.0374. The molecule has 0 aliphatic carbocycles. The minimum Gasteiger partial charge on any atom is -0.492 e. The number of hydrogen-bond acceptors (Lipinski definition) is 5. The van der Waals surface area contributed by atoms with Crippen LogP contribution >= 0.6 is 0 Å². The van der Waals surface area contributed by atoms with Gasteiger partial charge in [-0.15, -0.1) is 0 Å². The van der Waals surface area contributed by atoms with Gasteiger partial charge in [0.1, 0.15) is 12.4 Å². The predicted octanol–water partition coefficient (Wildman–Crippen LogP) is 0.336. The molecule has 1 aromatic carbocycles. The van der Waals surface area contributed by atoms with E-state index in [0.29, 0.717) is 22.9 Å². The molecule has 0 saturated heterocycles. The van der Waals surface area contributed by atoms with Crippen LogP contribution in [-0.2, 0) is 20.8 Å². The van der Waals surface area contributed by atoms with Crippen LogP contribution in [0.15, 0.2) is 24.3 Å². The van der Waals surface area contributed by atoms with E-state index in [9.17, 15) is 12.6 Å². The zero-order valence-electron chi connectivity index (χ0n) is 11.4. The Bertz CT molecular complexity index is 546. The van der Waals surface area contributed by atoms with E-state index in [1.807, 2.05) is 0 Å². The number of benzene rings is 1. The van der Waals surface area contributed by atoms with E-state index < -0.39 is 20.8 Å². The van der Waals surface area contributed by atoms with Crippen molar-refractivity contribution in [2.45, 2.75) is 6.92 Å². The number of ether oxygens (including phenoxy) is 1. The van der Waals surface area contributed by atoms with Crippen molar-refractivity contribution in [3.63, 3.8) is 0 Å². The smallest absolute Gasteiger partial charge is 0.214 e. The molecule has 0 aliphatic rings. The fraction of sp³-hybridized carbons (Fsp3) is 0.500. The second-order valence-electron chi connectivity index (χ2n) is 4.07. The van der Waals surface area contributed by atoms with Crippen LogP contribution in [-0.4, -0.2) is 43.0 Å². The quantitative estimate of drug-likeness (QED) is 0.639. The summed E-state index contributed by atoms with van der Waals surface area (Å²) >= 11 is 0. The minimum atomic E-state index is -3.41. The van der Waals surface area contributed by atoms with Crippen molar-refractivity contribution in [1.82, 2.24) is 4.72 Å². The van der Waals surface area contributed by atoms with Gasteiger partial charge in [0.15, 0.2) is 0 Å². The molecule has 1 aromatic rings. The third kappa shape index (κ3) is 6.88. The van der Waals surface area contributed by atoms with Crippen molar-refractivity contribution in [3.8, 4) is 5.75 Å². The lowest BCUT2D eigenvalue weighted by atomic mass is 10.3. The van der Waals surface area contributed by atoms with Gasteiger partial charge in [-0.25, -0.2) is 13.1 Å². The van der Waals surface area contributed by atoms with Gasteiger partial charge in [-0.05, 0) is 12.1 Å². The topological polar surface area (TPSA) is 98.5 Å². The largest absolute Gasteiger partial charge is 0.492 e. The summed E-state index contributed by atoms with van der Waals surface area (Å²) in [5.41, 5.74) is 6.14. The lowest BCUT2D eigenvalue weighted by molar-refractivity contribution is 0.340. The first-order chi connectivity index (χ1) is 9.43. The van der Waals surface area contributed by atoms with Crippen LogP contribution in [0.2, 0.25) is 0 Å². The molecular weight excluding hydrogens is 300 g/mol. The van der Waals surface area contributed by atoms with Gasteiger partial charge in [0.25, 0.3) is 0 Å². The van der Waals surface area contributed by atoms with Crippen molar-refractivity contribution in [2.75, 3.05) is 36.1 Å². The number of nitrogen functional groups attached to an aromatic ring is 1. The van der Waals surface area contributed by atoms with Crippen LogP contribution < -0.4 is 15.2 Å². The molecule has 0 heterocycles. The van der Waals surface area contributed by atoms with Crippen molar-refractivity contribution >= 4 is 26.5 Å². The van der Waals surface area contributed by atoms with Gasteiger partial charge in [-0.2, -0.15) is 0 Å². The predicted molar refractivity (Wildman–Crippen MR) is 81.7 cm³/mol. The number of nitrogens with two attached hydrogens (primary N) is 1. The first kappa shape index (κ1) is 16.9. The van der Waals surface area contributed by atoms with Crippen LogP contribution in [0.25, 0.3) is 0 Å². The molecule has 114 valence electrons. The summed E-state index contributed by atoms with van der Waals surface area (Å²) in [5, 5.41) is 0. The Balaban J connectivity index is 2.31. The van der Waals surface area contributed by atoms with E-state index in [2.05, 4.69) is 4.72 Å². The van der Waals surface area contributed by atoms with Gasteiger partial charge in [0.2, 0.25) is 10.0 Å². The summed E-state index contributed by atoms with van der Waals surface area (Å²) in [5.74, 6) is 1.24. The molecule has 1 atom stereocenters. The first-order valence-corrected chi connectivity index (χ1v) is 9.37. The van der Waals surface area contributed by atoms with Gasteiger partial charge >= 0.3 is 0 Å². The maximum atomic E-state index is 11.6. The molecule has 6 nitrogen and oxygen atoms in total. The van der Waals surface area contributed by atoms with E-state index in [-0.39, 0.29) is 18.9 Å². The van der Waals surface area contributed by atoms with E-state index in [0.717, 1.165) is 0 Å². The summed E-state index contributed by atoms with van der Waals surface area (Å²) in [4.78, 5) is 0. The molecule has 0 aliphatic heterocycles. The first-order valence-electron chi connectivity index (χ1n) is 6.23. The molecule has 0 saturated carbocycles. The Morgan fingerprint density at radius 3 is 2.80 bits per heavy atom. The third-order valence-electron chi connectivity index (χ3n) is 2.45. The zero-order valence-corrected chi connectivity index (χ0v) is 13.0. The van der Waals surface area contributed by atoms with E-state index in [1.165, 1.54) is 0 Å². The van der Waals surface area contributed by atoms with Crippen LogP contribution in [0.3, 0.4) is 0 Å². The highest BCUT2D eigenvalue weighted by Crippen LogP contribution is 2.14. The number of hydrogen-bond donors (Lipinski definition) is 2. The summed E-state index contributed by atoms with van der Waals surface area (Å²) < 4.78 is 42.2. The van der Waals surface area contributed by atoms with Crippen molar-refractivity contribution in [2.24, 2.45) is 0 Å². The van der Waals surface area contributed by atoms with E-state index in [1.54, 1.807) is 31.2 Å². The lowest BCUT2D eigenvalue weighted by Gasteiger charge is -2.08. The summed E-state index contributed by atoms with van der Waals surface area (Å²) in [6.45, 7) is 2.01. The molecule has 0 fully saturated rings. The average molecular weight is 320 g/mol. The molecule has 3 N–H and O–H groups in total. The van der Waals surface area contributed by atoms with Gasteiger partial charge in [-0.3, -0.25) is 4.21 Å². The second-order valence-corrected chi connectivity index (χ2v) is 7.86. The summed E-state index contributed by atoms with van der Waals surface area (Å²) in [7, 11) is -4.38. The van der Waals surface area contributed by atoms with E-state index in [4.69, 9.17) is 10.5 Å². The molecule has 1 unspecified atom stereocenters. The zero-order chi connectivity index (χ0) is 15.0. The van der Waals surface area contributed by atoms with E-state index >= 15 is 0 Å². The van der Waals surface area contributed by atoms with Gasteiger partial charge in [0, 0.05) is 40.6 Å². The summed E-state index contributed by atoms with van der Waals surface area (Å²) in [6, 6.07) is 6.79. The number of sulfonamides is 1. The fourth-order valence-corrected chi connectivity index (χ4v) is 3.01. The highest BCUT2D eigenvalue weighted by molar-refractivity contribution is 7.89. The van der Waals surface area contributed by atoms with Crippen molar-refractivity contribution in [3.05, 3.63) is 24.3 Å². The lowest BCUT2D eigenvalue weighted by Crippen LogP contribution is -2.32. The molecule has 8 heteroatoms. The Kier molecular flexibility index (Phi) is 6.97. The maximum absolute atomic E-state index is 11.6. The fourth-order valence-electron chi connectivity index (χ4n) is 1.40. The Labute approximate surface area is 122 Å². The Morgan fingerprint density at radius 2 is 2.15 bits per heavy atom.